The summed E-state index contributed by atoms with van der Waals surface area (Å²) >= 11 is 0. The number of morpholine rings is 1. The van der Waals surface area contributed by atoms with Gasteiger partial charge in [0.25, 0.3) is 0 Å². The maximum Gasteiger partial charge on any atom is 0.159 e. The first-order chi connectivity index (χ1) is 6.77. The topological polar surface area (TPSA) is 21.3 Å². The zero-order valence-corrected chi connectivity index (χ0v) is 7.59. The minimum absolute atomic E-state index is 0.168. The molecule has 1 fully saturated rings. The quantitative estimate of drug-likeness (QED) is 0.742. The van der Waals surface area contributed by atoms with Crippen LogP contribution in [0.5, 0.6) is 0 Å². The van der Waals surface area contributed by atoms with E-state index < -0.39 is 11.6 Å². The molecule has 1 aliphatic heterocycles. The first kappa shape index (κ1) is 9.55. The van der Waals surface area contributed by atoms with Crippen LogP contribution < -0.4 is 5.32 Å². The van der Waals surface area contributed by atoms with Gasteiger partial charge in [-0.15, -0.1) is 0 Å². The Balaban J connectivity index is 2.18. The van der Waals surface area contributed by atoms with Crippen LogP contribution >= 0.6 is 0 Å². The number of hydrogen-bond donors (Lipinski definition) is 1. The summed E-state index contributed by atoms with van der Waals surface area (Å²) in [5.41, 5.74) is 0.677. The van der Waals surface area contributed by atoms with E-state index >= 15 is 0 Å². The summed E-state index contributed by atoms with van der Waals surface area (Å²) in [6.45, 7) is 2.05. The highest BCUT2D eigenvalue weighted by Gasteiger charge is 2.16. The first-order valence-corrected chi connectivity index (χ1v) is 4.54. The summed E-state index contributed by atoms with van der Waals surface area (Å²) in [7, 11) is 0. The second kappa shape index (κ2) is 4.02. The number of rotatable bonds is 1. The highest BCUT2D eigenvalue weighted by molar-refractivity contribution is 5.20. The van der Waals surface area contributed by atoms with Gasteiger partial charge < -0.3 is 10.1 Å². The lowest BCUT2D eigenvalue weighted by atomic mass is 10.1. The molecule has 2 rings (SSSR count). The van der Waals surface area contributed by atoms with Crippen molar-refractivity contribution in [1.29, 1.82) is 0 Å². The van der Waals surface area contributed by atoms with E-state index in [4.69, 9.17) is 4.74 Å². The number of hydrogen-bond acceptors (Lipinski definition) is 2. The summed E-state index contributed by atoms with van der Waals surface area (Å²) in [6.07, 6.45) is -0.168. The molecule has 0 bridgehead atoms. The smallest absolute Gasteiger partial charge is 0.159 e. The molecule has 1 aromatic carbocycles. The molecule has 1 atom stereocenters. The third-order valence-electron chi connectivity index (χ3n) is 2.24. The third kappa shape index (κ3) is 1.91. The Morgan fingerprint density at radius 1 is 1.29 bits per heavy atom. The minimum atomic E-state index is -0.823. The van der Waals surface area contributed by atoms with Gasteiger partial charge in [0.1, 0.15) is 0 Å². The molecule has 0 unspecified atom stereocenters. The fraction of sp³-hybridized carbons (Fsp3) is 0.400. The van der Waals surface area contributed by atoms with Crippen molar-refractivity contribution in [2.75, 3.05) is 19.7 Å². The molecular weight excluding hydrogens is 188 g/mol. The molecule has 0 radical (unpaired) electrons. The molecule has 0 saturated carbocycles. The van der Waals surface area contributed by atoms with Crippen LogP contribution in [0.1, 0.15) is 11.7 Å². The van der Waals surface area contributed by atoms with Crippen molar-refractivity contribution in [2.45, 2.75) is 6.10 Å². The van der Waals surface area contributed by atoms with E-state index in [9.17, 15) is 8.78 Å². The summed E-state index contributed by atoms with van der Waals surface area (Å²) in [5.74, 6) is -1.64. The lowest BCUT2D eigenvalue weighted by Crippen LogP contribution is -2.33. The van der Waals surface area contributed by atoms with Gasteiger partial charge in [0.15, 0.2) is 11.6 Å². The summed E-state index contributed by atoms with van der Waals surface area (Å²) in [4.78, 5) is 0. The van der Waals surface area contributed by atoms with Crippen molar-refractivity contribution in [3.8, 4) is 0 Å². The van der Waals surface area contributed by atoms with Crippen molar-refractivity contribution in [3.63, 3.8) is 0 Å². The summed E-state index contributed by atoms with van der Waals surface area (Å²) < 4.78 is 30.9. The van der Waals surface area contributed by atoms with Crippen LogP contribution in [0, 0.1) is 11.6 Å². The van der Waals surface area contributed by atoms with E-state index in [1.807, 2.05) is 0 Å². The molecule has 14 heavy (non-hydrogen) atoms. The number of benzene rings is 1. The number of nitrogens with one attached hydrogen (secondary N) is 1. The Bertz CT molecular complexity index is 324. The highest BCUT2D eigenvalue weighted by Crippen LogP contribution is 2.20. The van der Waals surface area contributed by atoms with Crippen LogP contribution in [-0.4, -0.2) is 19.7 Å². The lowest BCUT2D eigenvalue weighted by Gasteiger charge is -2.23. The zero-order chi connectivity index (χ0) is 9.97. The molecule has 4 heteroatoms. The Morgan fingerprint density at radius 3 is 2.79 bits per heavy atom. The second-order valence-electron chi connectivity index (χ2n) is 3.24. The molecule has 0 aliphatic carbocycles. The third-order valence-corrected chi connectivity index (χ3v) is 2.24. The molecule has 2 nitrogen and oxygen atoms in total. The van der Waals surface area contributed by atoms with Crippen molar-refractivity contribution < 1.29 is 13.5 Å². The van der Waals surface area contributed by atoms with Crippen LogP contribution in [0.15, 0.2) is 18.2 Å². The Hall–Kier alpha value is -1.00. The zero-order valence-electron chi connectivity index (χ0n) is 7.59. The van der Waals surface area contributed by atoms with E-state index in [2.05, 4.69) is 5.32 Å². The predicted molar refractivity (Wildman–Crippen MR) is 47.9 cm³/mol. The average molecular weight is 199 g/mol. The molecular formula is C10H11F2NO. The van der Waals surface area contributed by atoms with Crippen molar-refractivity contribution in [1.82, 2.24) is 5.32 Å². The van der Waals surface area contributed by atoms with E-state index in [-0.39, 0.29) is 6.10 Å². The fourth-order valence-corrected chi connectivity index (χ4v) is 1.49. The number of halogens is 2. The van der Waals surface area contributed by atoms with Crippen LogP contribution in [0.2, 0.25) is 0 Å². The van der Waals surface area contributed by atoms with Crippen molar-refractivity contribution in [2.24, 2.45) is 0 Å². The van der Waals surface area contributed by atoms with Gasteiger partial charge in [-0.25, -0.2) is 8.78 Å². The van der Waals surface area contributed by atoms with Gasteiger partial charge >= 0.3 is 0 Å². The van der Waals surface area contributed by atoms with Crippen LogP contribution in [0.3, 0.4) is 0 Å². The van der Waals surface area contributed by atoms with E-state index in [0.717, 1.165) is 12.6 Å². The number of ether oxygens (including phenoxy) is 1. The van der Waals surface area contributed by atoms with Gasteiger partial charge in [-0.05, 0) is 17.7 Å². The molecule has 0 spiro atoms. The summed E-state index contributed by atoms with van der Waals surface area (Å²) in [5, 5.41) is 3.13. The van der Waals surface area contributed by atoms with Crippen molar-refractivity contribution >= 4 is 0 Å². The molecule has 1 aliphatic rings. The van der Waals surface area contributed by atoms with E-state index in [1.165, 1.54) is 6.07 Å². The maximum atomic E-state index is 12.9. The standard InChI is InChI=1S/C10H11F2NO/c11-8-2-1-7(5-9(8)12)10-6-13-3-4-14-10/h1-2,5,10,13H,3-4,6H2/t10-/m1/s1. The maximum absolute atomic E-state index is 12.9. The fourth-order valence-electron chi connectivity index (χ4n) is 1.49. The highest BCUT2D eigenvalue weighted by atomic mass is 19.2. The summed E-state index contributed by atoms with van der Waals surface area (Å²) in [6, 6.07) is 3.87. The molecule has 1 saturated heterocycles. The van der Waals surface area contributed by atoms with Gasteiger partial charge in [-0.2, -0.15) is 0 Å². The van der Waals surface area contributed by atoms with Gasteiger partial charge in [-0.1, -0.05) is 6.07 Å². The molecule has 1 heterocycles. The molecule has 1 N–H and O–H groups in total. The SMILES string of the molecule is Fc1ccc([C@H]2CNCCO2)cc1F. The van der Waals surface area contributed by atoms with E-state index in [1.54, 1.807) is 6.07 Å². The van der Waals surface area contributed by atoms with Crippen LogP contribution in [0.25, 0.3) is 0 Å². The minimum Gasteiger partial charge on any atom is -0.371 e. The Morgan fingerprint density at radius 2 is 2.14 bits per heavy atom. The molecule has 1 aromatic rings. The van der Waals surface area contributed by atoms with Crippen LogP contribution in [0.4, 0.5) is 8.78 Å². The molecule has 76 valence electrons. The second-order valence-corrected chi connectivity index (χ2v) is 3.24. The average Bonchev–Trinajstić information content (AvgIpc) is 2.23. The van der Waals surface area contributed by atoms with Gasteiger partial charge in [0.2, 0.25) is 0 Å². The monoisotopic (exact) mass is 199 g/mol. The Kier molecular flexibility index (Phi) is 2.74. The largest absolute Gasteiger partial charge is 0.371 e. The van der Waals surface area contributed by atoms with E-state index in [0.29, 0.717) is 18.7 Å². The van der Waals surface area contributed by atoms with Crippen LogP contribution in [-0.2, 0) is 4.74 Å². The lowest BCUT2D eigenvalue weighted by molar-refractivity contribution is 0.0274. The Labute approximate surface area is 80.9 Å². The van der Waals surface area contributed by atoms with Crippen molar-refractivity contribution in [3.05, 3.63) is 35.4 Å². The normalized spacial score (nSPS) is 22.3. The predicted octanol–water partition coefficient (Wildman–Crippen LogP) is 1.63. The van der Waals surface area contributed by atoms with Gasteiger partial charge in [-0.3, -0.25) is 0 Å². The van der Waals surface area contributed by atoms with Gasteiger partial charge in [0.05, 0.1) is 12.7 Å². The van der Waals surface area contributed by atoms with Gasteiger partial charge in [0, 0.05) is 13.1 Å². The first-order valence-electron chi connectivity index (χ1n) is 4.54. The molecule has 0 amide bonds. The molecule has 0 aromatic heterocycles.